The molecule has 214 valence electrons. The second-order valence-corrected chi connectivity index (χ2v) is 11.6. The third-order valence-electron chi connectivity index (χ3n) is 5.72. The molecule has 2 amide bonds. The van der Waals surface area contributed by atoms with Crippen LogP contribution in [0.25, 0.3) is 0 Å². The van der Waals surface area contributed by atoms with Gasteiger partial charge < -0.3 is 20.8 Å². The number of nitrogens with one attached hydrogen (secondary N) is 2. The lowest BCUT2D eigenvalue weighted by atomic mass is 9.87. The average Bonchev–Trinajstić information content (AvgIpc) is 2.83. The Morgan fingerprint density at radius 3 is 2.27 bits per heavy atom. The Morgan fingerprint density at radius 2 is 1.65 bits per heavy atom. The van der Waals surface area contributed by atoms with Crippen molar-refractivity contribution in [1.29, 1.82) is 0 Å². The summed E-state index contributed by atoms with van der Waals surface area (Å²) in [5.41, 5.74) is -1.09. The van der Waals surface area contributed by atoms with Crippen LogP contribution < -0.4 is 10.6 Å². The monoisotopic (exact) mass is 565 g/mol. The molecule has 0 saturated carbocycles. The van der Waals surface area contributed by atoms with Crippen molar-refractivity contribution in [3.8, 4) is 0 Å². The van der Waals surface area contributed by atoms with Crippen LogP contribution in [-0.4, -0.2) is 69.7 Å². The Morgan fingerprint density at radius 1 is 1.03 bits per heavy atom. The molecular weight excluding hydrogens is 519 g/mol. The lowest BCUT2D eigenvalue weighted by Gasteiger charge is -2.26. The van der Waals surface area contributed by atoms with Gasteiger partial charge in [-0.05, 0) is 19.3 Å². The minimum absolute atomic E-state index is 0.000501. The molecule has 12 heteroatoms. The number of allylic oxidation sites excluding steroid dienone is 1. The van der Waals surface area contributed by atoms with E-state index in [1.165, 1.54) is 39.5 Å². The number of rotatable bonds is 23. The van der Waals surface area contributed by atoms with Crippen LogP contribution in [0.2, 0.25) is 0 Å². The van der Waals surface area contributed by atoms with Crippen molar-refractivity contribution in [1.82, 2.24) is 10.6 Å². The van der Waals surface area contributed by atoms with Gasteiger partial charge in [-0.2, -0.15) is 0 Å². The highest BCUT2D eigenvalue weighted by Crippen LogP contribution is 2.26. The zero-order valence-electron chi connectivity index (χ0n) is 22.3. The number of carbonyl (C=O) groups is 3. The lowest BCUT2D eigenvalue weighted by Crippen LogP contribution is -2.46. The fourth-order valence-corrected chi connectivity index (χ4v) is 4.59. The molecule has 0 bridgehead atoms. The minimum Gasteiger partial charge on any atom is -0.393 e. The molecule has 0 aliphatic heterocycles. The molecule has 0 heterocycles. The van der Waals surface area contributed by atoms with Crippen molar-refractivity contribution in [2.45, 2.75) is 96.7 Å². The van der Waals surface area contributed by atoms with Gasteiger partial charge in [-0.1, -0.05) is 70.2 Å². The van der Waals surface area contributed by atoms with Gasteiger partial charge >= 0.3 is 8.25 Å². The van der Waals surface area contributed by atoms with Gasteiger partial charge in [-0.25, -0.2) is 0 Å². The van der Waals surface area contributed by atoms with Crippen molar-refractivity contribution in [3.63, 3.8) is 0 Å². The standard InChI is InChI=1S/C25H45N2O8PS/c1-4-5-6-7-8-9-10-11-12-13-20(28)18-22(30)37-17-16-26-21(29)14-15-27-24(32)23(31)25(2,3)19-35-36(33)34/h4,20,23,28,31H,1,5-19H2,2-3H3,(H2-,26,27,29,32,33,34)/p+1/t20-,23-/m0/s1. The third-order valence-corrected chi connectivity index (χ3v) is 6.97. The predicted molar refractivity (Wildman–Crippen MR) is 146 cm³/mol. The molecule has 10 nitrogen and oxygen atoms in total. The van der Waals surface area contributed by atoms with Crippen LogP contribution in [0.1, 0.15) is 84.5 Å². The largest absolute Gasteiger partial charge is 0.694 e. The van der Waals surface area contributed by atoms with Gasteiger partial charge in [0.2, 0.25) is 11.8 Å². The summed E-state index contributed by atoms with van der Waals surface area (Å²) in [4.78, 5) is 44.7. The molecule has 3 atom stereocenters. The Balaban J connectivity index is 3.83. The molecule has 0 rings (SSSR count). The number of amides is 2. The van der Waals surface area contributed by atoms with Crippen LogP contribution >= 0.6 is 20.0 Å². The first-order valence-electron chi connectivity index (χ1n) is 13.0. The lowest BCUT2D eigenvalue weighted by molar-refractivity contribution is -0.136. The van der Waals surface area contributed by atoms with E-state index in [4.69, 9.17) is 4.89 Å². The van der Waals surface area contributed by atoms with Crippen molar-refractivity contribution in [2.75, 3.05) is 25.4 Å². The Bertz CT molecular complexity index is 708. The molecule has 1 unspecified atom stereocenters. The van der Waals surface area contributed by atoms with Gasteiger partial charge in [0, 0.05) is 41.7 Å². The highest BCUT2D eigenvalue weighted by Gasteiger charge is 2.36. The number of hydrogen-bond donors (Lipinski definition) is 5. The maximum Gasteiger partial charge on any atom is 0.694 e. The molecule has 0 aromatic rings. The third kappa shape index (κ3) is 20.3. The van der Waals surface area contributed by atoms with E-state index in [0.29, 0.717) is 12.2 Å². The molecule has 0 radical (unpaired) electrons. The van der Waals surface area contributed by atoms with E-state index in [-0.39, 0.29) is 43.6 Å². The molecule has 0 aromatic heterocycles. The summed E-state index contributed by atoms with van der Waals surface area (Å²) in [5, 5.41) is 25.1. The molecule has 5 N–H and O–H groups in total. The molecule has 37 heavy (non-hydrogen) atoms. The van der Waals surface area contributed by atoms with Crippen molar-refractivity contribution < 1.29 is 38.6 Å². The van der Waals surface area contributed by atoms with Crippen LogP contribution in [-0.2, 0) is 23.5 Å². The zero-order valence-corrected chi connectivity index (χ0v) is 24.0. The summed E-state index contributed by atoms with van der Waals surface area (Å²) in [6.07, 6.45) is 9.58. The number of thioether (sulfide) groups is 1. The van der Waals surface area contributed by atoms with E-state index in [1.54, 1.807) is 0 Å². The van der Waals surface area contributed by atoms with Gasteiger partial charge in [0.25, 0.3) is 0 Å². The summed E-state index contributed by atoms with van der Waals surface area (Å²) >= 11 is 1.07. The number of unbranched alkanes of at least 4 members (excludes halogenated alkanes) is 7. The first kappa shape index (κ1) is 35.6. The average molecular weight is 566 g/mol. The number of aliphatic hydroxyl groups is 2. The first-order valence-corrected chi connectivity index (χ1v) is 15.1. The quantitative estimate of drug-likeness (QED) is 0.0710. The summed E-state index contributed by atoms with van der Waals surface area (Å²) in [6.45, 7) is 6.72. The predicted octanol–water partition coefficient (Wildman–Crippen LogP) is 3.37. The Labute approximate surface area is 226 Å². The molecule has 0 aromatic carbocycles. The number of hydrogen-bond acceptors (Lipinski definition) is 8. The van der Waals surface area contributed by atoms with Crippen molar-refractivity contribution in [3.05, 3.63) is 12.7 Å². The highest BCUT2D eigenvalue weighted by molar-refractivity contribution is 8.13. The second kappa shape index (κ2) is 21.6. The number of carbonyl (C=O) groups excluding carboxylic acids is 3. The van der Waals surface area contributed by atoms with Gasteiger partial charge in [-0.3, -0.25) is 14.4 Å². The normalized spacial score (nSPS) is 13.5. The van der Waals surface area contributed by atoms with E-state index in [0.717, 1.165) is 37.4 Å². The Hall–Kier alpha value is -1.36. The van der Waals surface area contributed by atoms with Crippen molar-refractivity contribution >= 4 is 36.9 Å². The van der Waals surface area contributed by atoms with Crippen LogP contribution in [0, 0.1) is 5.41 Å². The van der Waals surface area contributed by atoms with Crippen LogP contribution in [0.15, 0.2) is 12.7 Å². The maximum absolute atomic E-state index is 12.0. The van der Waals surface area contributed by atoms with Gasteiger partial charge in [-0.15, -0.1) is 16.0 Å². The Kier molecular flexibility index (Phi) is 20.8. The van der Waals surface area contributed by atoms with Crippen LogP contribution in [0.4, 0.5) is 0 Å². The first-order chi connectivity index (χ1) is 17.5. The fourth-order valence-electron chi connectivity index (χ4n) is 3.40. The van der Waals surface area contributed by atoms with Crippen molar-refractivity contribution in [2.24, 2.45) is 5.41 Å². The molecule has 0 spiro atoms. The van der Waals surface area contributed by atoms with Gasteiger partial charge in [0.15, 0.2) is 5.12 Å². The zero-order chi connectivity index (χ0) is 28.1. The topological polar surface area (TPSA) is 162 Å². The summed E-state index contributed by atoms with van der Waals surface area (Å²) < 4.78 is 15.2. The molecule has 0 aliphatic rings. The van der Waals surface area contributed by atoms with Crippen LogP contribution in [0.3, 0.4) is 0 Å². The molecule has 0 saturated heterocycles. The maximum atomic E-state index is 12.0. The smallest absolute Gasteiger partial charge is 0.393 e. The summed E-state index contributed by atoms with van der Waals surface area (Å²) in [7, 11) is -2.83. The SMILES string of the molecule is C=CCCCCCCCCC[C@H](O)CC(=O)SCCNC(=O)CCNC(=O)[C@H](O)C(C)(C)CO[P+](=O)O. The fraction of sp³-hybridized carbons (Fsp3) is 0.800. The molecule has 0 aliphatic carbocycles. The summed E-state index contributed by atoms with van der Waals surface area (Å²) in [5.74, 6) is -0.646. The van der Waals surface area contributed by atoms with Gasteiger partial charge in [0.1, 0.15) is 12.7 Å². The van der Waals surface area contributed by atoms with E-state index in [1.807, 2.05) is 6.08 Å². The second-order valence-electron chi connectivity index (χ2n) is 9.71. The summed E-state index contributed by atoms with van der Waals surface area (Å²) in [6, 6.07) is 0. The number of aliphatic hydroxyl groups excluding tert-OH is 2. The molecule has 0 fully saturated rings. The minimum atomic E-state index is -2.83. The van der Waals surface area contributed by atoms with E-state index < -0.39 is 31.8 Å². The van der Waals surface area contributed by atoms with E-state index >= 15 is 0 Å². The van der Waals surface area contributed by atoms with E-state index in [2.05, 4.69) is 21.7 Å². The van der Waals surface area contributed by atoms with Gasteiger partial charge in [0.05, 0.1) is 6.10 Å². The highest BCUT2D eigenvalue weighted by atomic mass is 32.2. The van der Waals surface area contributed by atoms with E-state index in [9.17, 15) is 29.2 Å². The van der Waals surface area contributed by atoms with Crippen LogP contribution in [0.5, 0.6) is 0 Å². The molecular formula is C25H46N2O8PS+.